The zero-order valence-electron chi connectivity index (χ0n) is 14.5. The van der Waals surface area contributed by atoms with Gasteiger partial charge >= 0.3 is 0 Å². The van der Waals surface area contributed by atoms with Gasteiger partial charge in [-0.15, -0.1) is 11.3 Å². The van der Waals surface area contributed by atoms with Crippen LogP contribution in [-0.4, -0.2) is 40.1 Å². The van der Waals surface area contributed by atoms with E-state index < -0.39 is 0 Å². The van der Waals surface area contributed by atoms with Gasteiger partial charge in [0.25, 0.3) is 0 Å². The topological polar surface area (TPSA) is 82.2 Å². The molecule has 26 heavy (non-hydrogen) atoms. The Morgan fingerprint density at radius 2 is 2.42 bits per heavy atom. The molecule has 7 nitrogen and oxygen atoms in total. The highest BCUT2D eigenvalue weighted by Gasteiger charge is 2.23. The normalized spacial score (nSPS) is 16.9. The van der Waals surface area contributed by atoms with Gasteiger partial charge in [-0.25, -0.2) is 0 Å². The third-order valence-corrected chi connectivity index (χ3v) is 5.21. The van der Waals surface area contributed by atoms with Gasteiger partial charge in [0.2, 0.25) is 5.91 Å². The van der Waals surface area contributed by atoms with Gasteiger partial charge in [-0.3, -0.25) is 9.48 Å². The smallest absolute Gasteiger partial charge is 0.249 e. The molecular formula is C18H20N4O3S. The molecule has 136 valence electrons. The summed E-state index contributed by atoms with van der Waals surface area (Å²) in [5, 5.41) is 13.5. The second-order valence-electron chi connectivity index (χ2n) is 6.23. The Kier molecular flexibility index (Phi) is 4.85. The summed E-state index contributed by atoms with van der Waals surface area (Å²) in [6.45, 7) is 3.62. The maximum Gasteiger partial charge on any atom is 0.249 e. The molecule has 0 aromatic carbocycles. The molecule has 1 amide bonds. The van der Waals surface area contributed by atoms with E-state index in [4.69, 9.17) is 9.26 Å². The molecule has 0 aliphatic carbocycles. The first-order valence-corrected chi connectivity index (χ1v) is 9.53. The van der Waals surface area contributed by atoms with Gasteiger partial charge in [0.05, 0.1) is 34.6 Å². The number of hydrogen-bond acceptors (Lipinski definition) is 6. The molecule has 4 heterocycles. The lowest BCUT2D eigenvalue weighted by Crippen LogP contribution is -2.36. The van der Waals surface area contributed by atoms with Crippen LogP contribution in [0.5, 0.6) is 0 Å². The Morgan fingerprint density at radius 1 is 1.50 bits per heavy atom. The summed E-state index contributed by atoms with van der Waals surface area (Å²) in [5.41, 5.74) is 2.70. The molecule has 1 atom stereocenters. The number of rotatable bonds is 6. The van der Waals surface area contributed by atoms with Crippen molar-refractivity contribution in [3.63, 3.8) is 0 Å². The Balaban J connectivity index is 1.52. The number of aryl methyl sites for hydroxylation is 1. The van der Waals surface area contributed by atoms with Crippen molar-refractivity contribution in [3.05, 3.63) is 35.5 Å². The summed E-state index contributed by atoms with van der Waals surface area (Å²) in [7, 11) is 0. The standard InChI is InChI=1S/C18H20N4O3S/c1-12-10-15(25-21-12)13-11-20-22(17(13)16-5-3-9-26-16)7-6-19-18(23)14-4-2-8-24-14/h3,5,9-11,14H,2,4,6-8H2,1H3,(H,19,23)/t14-/m1/s1. The van der Waals surface area contributed by atoms with Gasteiger partial charge < -0.3 is 14.6 Å². The van der Waals surface area contributed by atoms with Gasteiger partial charge in [-0.1, -0.05) is 11.2 Å². The minimum Gasteiger partial charge on any atom is -0.368 e. The minimum atomic E-state index is -0.308. The molecule has 8 heteroatoms. The van der Waals surface area contributed by atoms with Gasteiger partial charge in [0, 0.05) is 19.2 Å². The van der Waals surface area contributed by atoms with Crippen molar-refractivity contribution in [2.75, 3.05) is 13.2 Å². The van der Waals surface area contributed by atoms with Crippen molar-refractivity contribution < 1.29 is 14.1 Å². The molecule has 1 aliphatic rings. The summed E-state index contributed by atoms with van der Waals surface area (Å²) in [4.78, 5) is 13.2. The monoisotopic (exact) mass is 372 g/mol. The number of hydrogen-bond donors (Lipinski definition) is 1. The predicted molar refractivity (Wildman–Crippen MR) is 97.8 cm³/mol. The predicted octanol–water partition coefficient (Wildman–Crippen LogP) is 2.87. The summed E-state index contributed by atoms with van der Waals surface area (Å²) < 4.78 is 12.7. The van der Waals surface area contributed by atoms with Crippen LogP contribution in [-0.2, 0) is 16.1 Å². The highest BCUT2D eigenvalue weighted by molar-refractivity contribution is 7.13. The van der Waals surface area contributed by atoms with Crippen LogP contribution in [0.4, 0.5) is 0 Å². The van der Waals surface area contributed by atoms with E-state index in [1.54, 1.807) is 17.5 Å². The zero-order chi connectivity index (χ0) is 17.9. The molecular weight excluding hydrogens is 352 g/mol. The lowest BCUT2D eigenvalue weighted by atomic mass is 10.1. The molecule has 1 N–H and O–H groups in total. The summed E-state index contributed by atoms with van der Waals surface area (Å²) >= 11 is 1.64. The molecule has 1 aliphatic heterocycles. The van der Waals surface area contributed by atoms with Gasteiger partial charge in [-0.2, -0.15) is 5.10 Å². The lowest BCUT2D eigenvalue weighted by Gasteiger charge is -2.12. The minimum absolute atomic E-state index is 0.0431. The number of amides is 1. The van der Waals surface area contributed by atoms with E-state index in [0.29, 0.717) is 25.5 Å². The van der Waals surface area contributed by atoms with Crippen molar-refractivity contribution in [3.8, 4) is 21.9 Å². The Hall–Kier alpha value is -2.45. The van der Waals surface area contributed by atoms with E-state index in [-0.39, 0.29) is 12.0 Å². The van der Waals surface area contributed by atoms with E-state index in [2.05, 4.69) is 21.6 Å². The third kappa shape index (κ3) is 3.42. The lowest BCUT2D eigenvalue weighted by molar-refractivity contribution is -0.130. The Bertz CT molecular complexity index is 878. The first-order valence-electron chi connectivity index (χ1n) is 8.65. The van der Waals surface area contributed by atoms with Gasteiger partial charge in [0.15, 0.2) is 5.76 Å². The molecule has 3 aromatic heterocycles. The van der Waals surface area contributed by atoms with E-state index in [0.717, 1.165) is 34.7 Å². The molecule has 1 fully saturated rings. The van der Waals surface area contributed by atoms with Crippen LogP contribution in [0.1, 0.15) is 18.5 Å². The zero-order valence-corrected chi connectivity index (χ0v) is 15.3. The van der Waals surface area contributed by atoms with Crippen molar-refractivity contribution in [2.45, 2.75) is 32.4 Å². The van der Waals surface area contributed by atoms with E-state index in [9.17, 15) is 4.79 Å². The van der Waals surface area contributed by atoms with Crippen LogP contribution in [0.2, 0.25) is 0 Å². The number of carbonyl (C=O) groups is 1. The van der Waals surface area contributed by atoms with Crippen LogP contribution in [0.15, 0.2) is 34.3 Å². The third-order valence-electron chi connectivity index (χ3n) is 4.33. The van der Waals surface area contributed by atoms with Crippen LogP contribution in [0.25, 0.3) is 21.9 Å². The SMILES string of the molecule is Cc1cc(-c2cnn(CCNC(=O)[C@H]3CCCO3)c2-c2cccs2)on1. The van der Waals surface area contributed by atoms with Gasteiger partial charge in [0.1, 0.15) is 6.10 Å². The molecule has 0 spiro atoms. The number of aromatic nitrogens is 3. The fraction of sp³-hybridized carbons (Fsp3) is 0.389. The second-order valence-corrected chi connectivity index (χ2v) is 7.18. The first kappa shape index (κ1) is 17.0. The molecule has 0 unspecified atom stereocenters. The number of nitrogens with zero attached hydrogens (tertiary/aromatic N) is 3. The summed E-state index contributed by atoms with van der Waals surface area (Å²) in [5.74, 6) is 0.652. The average Bonchev–Trinajstić information content (AvgIpc) is 3.41. The van der Waals surface area contributed by atoms with Crippen LogP contribution in [0.3, 0.4) is 0 Å². The molecule has 1 saturated heterocycles. The Labute approximate surface area is 154 Å². The van der Waals surface area contributed by atoms with Crippen molar-refractivity contribution >= 4 is 17.2 Å². The number of ether oxygens (including phenoxy) is 1. The number of thiophene rings is 1. The summed E-state index contributed by atoms with van der Waals surface area (Å²) in [6, 6.07) is 5.96. The van der Waals surface area contributed by atoms with Crippen molar-refractivity contribution in [2.24, 2.45) is 0 Å². The van der Waals surface area contributed by atoms with Crippen LogP contribution >= 0.6 is 11.3 Å². The molecule has 0 radical (unpaired) electrons. The molecule has 4 rings (SSSR count). The second kappa shape index (κ2) is 7.43. The quantitative estimate of drug-likeness (QED) is 0.719. The Morgan fingerprint density at radius 3 is 3.12 bits per heavy atom. The molecule has 3 aromatic rings. The fourth-order valence-electron chi connectivity index (χ4n) is 3.08. The average molecular weight is 372 g/mol. The van der Waals surface area contributed by atoms with E-state index in [1.165, 1.54) is 0 Å². The highest BCUT2D eigenvalue weighted by Crippen LogP contribution is 2.34. The largest absolute Gasteiger partial charge is 0.368 e. The summed E-state index contributed by atoms with van der Waals surface area (Å²) in [6.07, 6.45) is 3.22. The highest BCUT2D eigenvalue weighted by atomic mass is 32.1. The fourth-order valence-corrected chi connectivity index (χ4v) is 3.87. The first-order chi connectivity index (χ1) is 12.7. The molecule has 0 bridgehead atoms. The van der Waals surface area contributed by atoms with Crippen LogP contribution in [0, 0.1) is 6.92 Å². The van der Waals surface area contributed by atoms with E-state index in [1.807, 2.05) is 29.1 Å². The maximum absolute atomic E-state index is 12.1. The van der Waals surface area contributed by atoms with Crippen LogP contribution < -0.4 is 5.32 Å². The molecule has 0 saturated carbocycles. The van der Waals surface area contributed by atoms with Crippen molar-refractivity contribution in [1.29, 1.82) is 0 Å². The number of nitrogens with one attached hydrogen (secondary N) is 1. The van der Waals surface area contributed by atoms with E-state index >= 15 is 0 Å². The number of carbonyl (C=O) groups excluding carboxylic acids is 1. The maximum atomic E-state index is 12.1. The van der Waals surface area contributed by atoms with Crippen molar-refractivity contribution in [1.82, 2.24) is 20.3 Å². The van der Waals surface area contributed by atoms with Gasteiger partial charge in [-0.05, 0) is 31.2 Å².